The Labute approximate surface area is 154 Å². The van der Waals surface area contributed by atoms with Gasteiger partial charge in [0.05, 0.1) is 0 Å². The first-order valence-corrected chi connectivity index (χ1v) is 9.15. The van der Waals surface area contributed by atoms with E-state index in [1.807, 2.05) is 18.3 Å². The number of carbonyl (C=O) groups is 2. The first-order chi connectivity index (χ1) is 12.3. The van der Waals surface area contributed by atoms with Crippen molar-refractivity contribution in [3.8, 4) is 0 Å². The largest absolute Gasteiger partial charge is 0.305 e. The average Bonchev–Trinajstić information content (AvgIpc) is 2.61. The van der Waals surface area contributed by atoms with E-state index >= 15 is 0 Å². The summed E-state index contributed by atoms with van der Waals surface area (Å²) in [5.41, 5.74) is 1.95. The van der Waals surface area contributed by atoms with Crippen LogP contribution in [0.3, 0.4) is 0 Å². The zero-order valence-corrected chi connectivity index (χ0v) is 15.8. The van der Waals surface area contributed by atoms with Gasteiger partial charge in [0.15, 0.2) is 0 Å². The molecule has 1 aromatic rings. The second kappa shape index (κ2) is 7.53. The van der Waals surface area contributed by atoms with Crippen LogP contribution in [0.15, 0.2) is 23.4 Å². The molecule has 3 heterocycles. The van der Waals surface area contributed by atoms with Crippen LogP contribution < -0.4 is 5.32 Å². The molecule has 7 nitrogen and oxygen atoms in total. The van der Waals surface area contributed by atoms with E-state index in [9.17, 15) is 9.59 Å². The lowest BCUT2D eigenvalue weighted by Gasteiger charge is -2.36. The molecule has 2 aliphatic rings. The van der Waals surface area contributed by atoms with E-state index in [4.69, 9.17) is 0 Å². The Morgan fingerprint density at radius 2 is 1.96 bits per heavy atom. The maximum atomic E-state index is 12.3. The number of aromatic nitrogens is 1. The fourth-order valence-corrected chi connectivity index (χ4v) is 3.19. The zero-order chi connectivity index (χ0) is 18.7. The number of nitrogens with zero attached hydrogens (tertiary/aromatic N) is 4. The van der Waals surface area contributed by atoms with Crippen molar-refractivity contribution in [2.45, 2.75) is 46.1 Å². The van der Waals surface area contributed by atoms with Crippen molar-refractivity contribution in [3.63, 3.8) is 0 Å². The summed E-state index contributed by atoms with van der Waals surface area (Å²) >= 11 is 0. The van der Waals surface area contributed by atoms with Crippen molar-refractivity contribution in [3.05, 3.63) is 23.9 Å². The van der Waals surface area contributed by atoms with Gasteiger partial charge in [-0.1, -0.05) is 19.9 Å². The first kappa shape index (κ1) is 18.5. The molecule has 1 N–H and O–H groups in total. The molecule has 0 spiro atoms. The molecule has 3 rings (SSSR count). The second-order valence-corrected chi connectivity index (χ2v) is 7.91. The Kier molecular flexibility index (Phi) is 5.36. The second-order valence-electron chi connectivity index (χ2n) is 7.91. The van der Waals surface area contributed by atoms with Gasteiger partial charge in [-0.2, -0.15) is 5.10 Å². The number of rotatable bonds is 4. The van der Waals surface area contributed by atoms with Crippen LogP contribution in [-0.2, 0) is 16.1 Å². The van der Waals surface area contributed by atoms with E-state index in [-0.39, 0.29) is 11.8 Å². The lowest BCUT2D eigenvalue weighted by Crippen LogP contribution is -2.36. The number of hydrazone groups is 1. The Bertz CT molecular complexity index is 701. The van der Waals surface area contributed by atoms with Gasteiger partial charge in [0, 0.05) is 32.6 Å². The third-order valence-electron chi connectivity index (χ3n) is 5.15. The van der Waals surface area contributed by atoms with Crippen LogP contribution in [0.4, 0.5) is 5.82 Å². The minimum absolute atomic E-state index is 0.0786. The Hall–Kier alpha value is -2.28. The number of nitrogens with one attached hydrogen (secondary N) is 1. The van der Waals surface area contributed by atoms with Gasteiger partial charge in [-0.05, 0) is 43.0 Å². The number of anilines is 1. The molecule has 0 unspecified atom stereocenters. The third-order valence-corrected chi connectivity index (χ3v) is 5.15. The predicted octanol–water partition coefficient (Wildman–Crippen LogP) is 2.25. The smallest absolute Gasteiger partial charge is 0.273 e. The lowest BCUT2D eigenvalue weighted by molar-refractivity contribution is -0.130. The van der Waals surface area contributed by atoms with Crippen LogP contribution in [0.5, 0.6) is 0 Å². The molecule has 0 saturated carbocycles. The van der Waals surface area contributed by atoms with E-state index < -0.39 is 0 Å². The molecule has 0 atom stereocenters. The van der Waals surface area contributed by atoms with Crippen LogP contribution in [-0.4, -0.2) is 52.6 Å². The summed E-state index contributed by atoms with van der Waals surface area (Å²) in [5.74, 6) is 0.119. The van der Waals surface area contributed by atoms with Crippen molar-refractivity contribution in [2.24, 2.45) is 10.5 Å². The van der Waals surface area contributed by atoms with Gasteiger partial charge in [-0.25, -0.2) is 9.99 Å². The SMILES string of the molecule is CN1N=C(C(=O)Nc2ccc(CN3CCC(C)(C)CC3)cn2)CCC1=O. The predicted molar refractivity (Wildman–Crippen MR) is 101 cm³/mol. The number of carbonyl (C=O) groups excluding carboxylic acids is 2. The van der Waals surface area contributed by atoms with Crippen molar-refractivity contribution < 1.29 is 9.59 Å². The molecule has 140 valence electrons. The standard InChI is InChI=1S/C19H27N5O2/c1-19(2)8-10-24(11-9-19)13-14-4-6-16(20-12-14)21-18(26)15-5-7-17(25)23(3)22-15/h4,6,12H,5,7-11,13H2,1-3H3,(H,20,21,26). The number of hydrogen-bond acceptors (Lipinski definition) is 5. The normalized spacial score (nSPS) is 20.7. The fourth-order valence-electron chi connectivity index (χ4n) is 3.19. The molecule has 1 saturated heterocycles. The number of pyridine rings is 1. The van der Waals surface area contributed by atoms with Crippen molar-refractivity contribution in [1.29, 1.82) is 0 Å². The summed E-state index contributed by atoms with van der Waals surface area (Å²) in [7, 11) is 1.56. The van der Waals surface area contributed by atoms with Gasteiger partial charge in [0.2, 0.25) is 5.91 Å². The van der Waals surface area contributed by atoms with Crippen molar-refractivity contribution >= 4 is 23.3 Å². The van der Waals surface area contributed by atoms with E-state index in [0.29, 0.717) is 29.8 Å². The summed E-state index contributed by atoms with van der Waals surface area (Å²) in [4.78, 5) is 30.5. The minimum Gasteiger partial charge on any atom is -0.305 e. The Morgan fingerprint density at radius 1 is 1.23 bits per heavy atom. The summed E-state index contributed by atoms with van der Waals surface area (Å²) in [6, 6.07) is 3.82. The van der Waals surface area contributed by atoms with E-state index in [1.165, 1.54) is 17.9 Å². The average molecular weight is 357 g/mol. The maximum absolute atomic E-state index is 12.3. The summed E-state index contributed by atoms with van der Waals surface area (Å²) < 4.78 is 0. The highest BCUT2D eigenvalue weighted by Gasteiger charge is 2.25. The molecular weight excluding hydrogens is 330 g/mol. The summed E-state index contributed by atoms with van der Waals surface area (Å²) in [6.45, 7) is 7.76. The number of amides is 2. The monoisotopic (exact) mass is 357 g/mol. The Balaban J connectivity index is 1.54. The van der Waals surface area contributed by atoms with Crippen LogP contribution >= 0.6 is 0 Å². The zero-order valence-electron chi connectivity index (χ0n) is 15.8. The topological polar surface area (TPSA) is 77.9 Å². The molecule has 0 aromatic carbocycles. The van der Waals surface area contributed by atoms with Crippen molar-refractivity contribution in [1.82, 2.24) is 14.9 Å². The maximum Gasteiger partial charge on any atom is 0.273 e. The van der Waals surface area contributed by atoms with Crippen LogP contribution in [0.1, 0.15) is 45.1 Å². The van der Waals surface area contributed by atoms with Crippen LogP contribution in [0.2, 0.25) is 0 Å². The molecule has 1 aromatic heterocycles. The first-order valence-electron chi connectivity index (χ1n) is 9.15. The highest BCUT2D eigenvalue weighted by atomic mass is 16.2. The molecule has 1 fully saturated rings. The minimum atomic E-state index is -0.303. The molecule has 0 aliphatic carbocycles. The number of piperidine rings is 1. The molecule has 0 radical (unpaired) electrons. The molecule has 0 bridgehead atoms. The number of hydrogen-bond donors (Lipinski definition) is 1. The van der Waals surface area contributed by atoms with E-state index in [0.717, 1.165) is 25.2 Å². The summed E-state index contributed by atoms with van der Waals surface area (Å²) in [6.07, 6.45) is 4.91. The third kappa shape index (κ3) is 4.66. The molecule has 7 heteroatoms. The molecule has 2 aliphatic heterocycles. The van der Waals surface area contributed by atoms with Gasteiger partial charge in [0.1, 0.15) is 11.5 Å². The van der Waals surface area contributed by atoms with Crippen LogP contribution in [0.25, 0.3) is 0 Å². The highest BCUT2D eigenvalue weighted by Crippen LogP contribution is 2.30. The fraction of sp³-hybridized carbons (Fsp3) is 0.579. The van der Waals surface area contributed by atoms with Crippen LogP contribution in [0, 0.1) is 5.41 Å². The molecular formula is C19H27N5O2. The quantitative estimate of drug-likeness (QED) is 0.896. The van der Waals surface area contributed by atoms with Gasteiger partial charge < -0.3 is 5.32 Å². The highest BCUT2D eigenvalue weighted by molar-refractivity contribution is 6.43. The summed E-state index contributed by atoms with van der Waals surface area (Å²) in [5, 5.41) is 7.99. The van der Waals surface area contributed by atoms with E-state index in [1.54, 1.807) is 7.05 Å². The lowest BCUT2D eigenvalue weighted by atomic mass is 9.82. The Morgan fingerprint density at radius 3 is 2.58 bits per heavy atom. The van der Waals surface area contributed by atoms with E-state index in [2.05, 4.69) is 34.1 Å². The van der Waals surface area contributed by atoms with Gasteiger partial charge in [-0.15, -0.1) is 0 Å². The van der Waals surface area contributed by atoms with Gasteiger partial charge >= 0.3 is 0 Å². The van der Waals surface area contributed by atoms with Gasteiger partial charge in [0.25, 0.3) is 5.91 Å². The molecule has 2 amide bonds. The van der Waals surface area contributed by atoms with Gasteiger partial charge in [-0.3, -0.25) is 14.5 Å². The number of likely N-dealkylation sites (tertiary alicyclic amines) is 1. The van der Waals surface area contributed by atoms with Crippen molar-refractivity contribution in [2.75, 3.05) is 25.5 Å². The molecule has 26 heavy (non-hydrogen) atoms.